The Morgan fingerprint density at radius 3 is 2.85 bits per heavy atom. The minimum absolute atomic E-state index is 0.0680. The number of rotatable bonds is 5. The van der Waals surface area contributed by atoms with Crippen molar-refractivity contribution in [3.8, 4) is 11.3 Å². The second kappa shape index (κ2) is 9.24. The van der Waals surface area contributed by atoms with Gasteiger partial charge in [-0.1, -0.05) is 53.6 Å². The zero-order valence-corrected chi connectivity index (χ0v) is 19.3. The predicted molar refractivity (Wildman–Crippen MR) is 131 cm³/mol. The van der Waals surface area contributed by atoms with E-state index in [9.17, 15) is 4.79 Å². The lowest BCUT2D eigenvalue weighted by Gasteiger charge is -2.33. The Bertz CT molecular complexity index is 1280. The van der Waals surface area contributed by atoms with Crippen LogP contribution in [0.1, 0.15) is 24.0 Å². The molecular formula is C26H26ClN5O. The zero-order chi connectivity index (χ0) is 22.8. The summed E-state index contributed by atoms with van der Waals surface area (Å²) in [7, 11) is 0. The number of hydrogen-bond acceptors (Lipinski definition) is 4. The monoisotopic (exact) mass is 459 g/mol. The van der Waals surface area contributed by atoms with Crippen LogP contribution in [-0.4, -0.2) is 33.6 Å². The number of carbonyl (C=O) groups excluding carboxylic acids is 1. The Labute approximate surface area is 198 Å². The van der Waals surface area contributed by atoms with Crippen LogP contribution in [0.2, 0.25) is 5.02 Å². The van der Waals surface area contributed by atoms with Crippen LogP contribution in [0.15, 0.2) is 67.0 Å². The molecule has 1 N–H and O–H groups in total. The van der Waals surface area contributed by atoms with Crippen LogP contribution in [0.25, 0.3) is 16.8 Å². The van der Waals surface area contributed by atoms with E-state index < -0.39 is 0 Å². The molecule has 168 valence electrons. The summed E-state index contributed by atoms with van der Waals surface area (Å²) < 4.78 is 1.85. The average Bonchev–Trinajstić information content (AvgIpc) is 3.28. The van der Waals surface area contributed by atoms with Crippen LogP contribution in [0.5, 0.6) is 0 Å². The Kier molecular flexibility index (Phi) is 6.01. The molecule has 1 saturated heterocycles. The fourth-order valence-electron chi connectivity index (χ4n) is 4.36. The van der Waals surface area contributed by atoms with Crippen LogP contribution in [0, 0.1) is 12.8 Å². The Morgan fingerprint density at radius 2 is 2.03 bits per heavy atom. The molecule has 0 aliphatic carbocycles. The normalized spacial score (nSPS) is 16.2. The summed E-state index contributed by atoms with van der Waals surface area (Å²) in [5, 5.41) is 8.51. The number of nitrogens with zero attached hydrogens (tertiary/aromatic N) is 4. The van der Waals surface area contributed by atoms with Crippen LogP contribution in [0.4, 0.5) is 5.82 Å². The maximum Gasteiger partial charge on any atom is 0.225 e. The van der Waals surface area contributed by atoms with Crippen molar-refractivity contribution in [2.75, 3.05) is 18.0 Å². The third-order valence-corrected chi connectivity index (χ3v) is 6.40. The molecule has 7 heteroatoms. The fourth-order valence-corrected chi connectivity index (χ4v) is 4.55. The van der Waals surface area contributed by atoms with E-state index >= 15 is 0 Å². The highest BCUT2D eigenvalue weighted by molar-refractivity contribution is 6.30. The number of nitrogens with one attached hydrogen (secondary N) is 1. The number of carbonyl (C=O) groups is 1. The lowest BCUT2D eigenvalue weighted by atomic mass is 9.97. The van der Waals surface area contributed by atoms with Gasteiger partial charge in [-0.3, -0.25) is 4.79 Å². The highest BCUT2D eigenvalue weighted by atomic mass is 35.5. The first kappa shape index (κ1) is 21.5. The van der Waals surface area contributed by atoms with E-state index in [0.717, 1.165) is 47.5 Å². The van der Waals surface area contributed by atoms with Crippen LogP contribution in [-0.2, 0) is 11.3 Å². The molecule has 0 saturated carbocycles. The molecule has 1 aliphatic rings. The Hall–Kier alpha value is -3.38. The molecule has 3 heterocycles. The van der Waals surface area contributed by atoms with E-state index in [-0.39, 0.29) is 11.8 Å². The van der Waals surface area contributed by atoms with Crippen molar-refractivity contribution in [2.24, 2.45) is 5.92 Å². The van der Waals surface area contributed by atoms with Gasteiger partial charge < -0.3 is 10.2 Å². The molecule has 1 fully saturated rings. The second-order valence-corrected chi connectivity index (χ2v) is 9.05. The molecule has 0 bridgehead atoms. The van der Waals surface area contributed by atoms with Crippen LogP contribution >= 0.6 is 11.6 Å². The highest BCUT2D eigenvalue weighted by Crippen LogP contribution is 2.29. The van der Waals surface area contributed by atoms with Crippen LogP contribution < -0.4 is 10.2 Å². The van der Waals surface area contributed by atoms with Gasteiger partial charge in [0.1, 0.15) is 5.52 Å². The molecule has 2 aromatic heterocycles. The van der Waals surface area contributed by atoms with Gasteiger partial charge in [0, 0.05) is 42.6 Å². The van der Waals surface area contributed by atoms with Gasteiger partial charge in [-0.15, -0.1) is 0 Å². The molecule has 1 unspecified atom stereocenters. The number of hydrogen-bond donors (Lipinski definition) is 1. The molecule has 1 aliphatic heterocycles. The molecule has 2 aromatic carbocycles. The lowest BCUT2D eigenvalue weighted by molar-refractivity contribution is -0.125. The second-order valence-electron chi connectivity index (χ2n) is 8.61. The predicted octanol–water partition coefficient (Wildman–Crippen LogP) is 4.89. The number of halogens is 1. The molecule has 1 amide bonds. The Balaban J connectivity index is 1.33. The van der Waals surface area contributed by atoms with Gasteiger partial charge in [-0.05, 0) is 43.5 Å². The van der Waals surface area contributed by atoms with Crippen molar-refractivity contribution in [2.45, 2.75) is 26.3 Å². The number of amides is 1. The van der Waals surface area contributed by atoms with Gasteiger partial charge in [0.25, 0.3) is 0 Å². The number of anilines is 1. The number of piperidine rings is 1. The van der Waals surface area contributed by atoms with Crippen molar-refractivity contribution >= 4 is 28.8 Å². The molecule has 33 heavy (non-hydrogen) atoms. The summed E-state index contributed by atoms with van der Waals surface area (Å²) >= 11 is 6.17. The first-order valence-corrected chi connectivity index (χ1v) is 11.6. The molecule has 5 rings (SSSR count). The molecule has 1 atom stereocenters. The van der Waals surface area contributed by atoms with Crippen molar-refractivity contribution in [3.63, 3.8) is 0 Å². The van der Waals surface area contributed by atoms with Gasteiger partial charge in [0.2, 0.25) is 5.91 Å². The maximum absolute atomic E-state index is 12.9. The van der Waals surface area contributed by atoms with Crippen LogP contribution in [0.3, 0.4) is 0 Å². The summed E-state index contributed by atoms with van der Waals surface area (Å²) in [6.45, 7) is 4.12. The number of aromatic nitrogens is 3. The molecule has 0 spiro atoms. The third-order valence-electron chi connectivity index (χ3n) is 6.17. The lowest BCUT2D eigenvalue weighted by Crippen LogP contribution is -2.43. The van der Waals surface area contributed by atoms with Gasteiger partial charge in [0.15, 0.2) is 5.82 Å². The van der Waals surface area contributed by atoms with Crippen molar-refractivity contribution < 1.29 is 4.79 Å². The number of aryl methyl sites for hydroxylation is 1. The van der Waals surface area contributed by atoms with Gasteiger partial charge in [-0.2, -0.15) is 5.10 Å². The SMILES string of the molecule is Cc1ccc(CNC(=O)C2CCCN(c3nccn4nc(-c5cccc(Cl)c5)cc34)C2)cc1. The molecule has 4 aromatic rings. The minimum atomic E-state index is -0.0680. The largest absolute Gasteiger partial charge is 0.354 e. The number of fused-ring (bicyclic) bond motifs is 1. The summed E-state index contributed by atoms with van der Waals surface area (Å²) in [6.07, 6.45) is 5.44. The van der Waals surface area contributed by atoms with Crippen molar-refractivity contribution in [1.82, 2.24) is 19.9 Å². The van der Waals surface area contributed by atoms with E-state index in [0.29, 0.717) is 18.1 Å². The van der Waals surface area contributed by atoms with E-state index in [1.807, 2.05) is 41.0 Å². The molecule has 0 radical (unpaired) electrons. The topological polar surface area (TPSA) is 62.5 Å². The third kappa shape index (κ3) is 4.71. The van der Waals surface area contributed by atoms with Gasteiger partial charge in [0.05, 0.1) is 11.6 Å². The van der Waals surface area contributed by atoms with Crippen molar-refractivity contribution in [1.29, 1.82) is 0 Å². The summed E-state index contributed by atoms with van der Waals surface area (Å²) in [4.78, 5) is 19.8. The molecule has 6 nitrogen and oxygen atoms in total. The fraction of sp³-hybridized carbons (Fsp3) is 0.269. The quantitative estimate of drug-likeness (QED) is 0.461. The molecular weight excluding hydrogens is 434 g/mol. The Morgan fingerprint density at radius 1 is 1.18 bits per heavy atom. The summed E-state index contributed by atoms with van der Waals surface area (Å²) in [5.41, 5.74) is 5.06. The first-order valence-electron chi connectivity index (χ1n) is 11.3. The average molecular weight is 460 g/mol. The van der Waals surface area contributed by atoms with Gasteiger partial charge in [-0.25, -0.2) is 9.50 Å². The van der Waals surface area contributed by atoms with E-state index in [4.69, 9.17) is 16.7 Å². The van der Waals surface area contributed by atoms with Crippen molar-refractivity contribution in [3.05, 3.63) is 83.1 Å². The smallest absolute Gasteiger partial charge is 0.225 e. The highest BCUT2D eigenvalue weighted by Gasteiger charge is 2.27. The van der Waals surface area contributed by atoms with Gasteiger partial charge >= 0.3 is 0 Å². The number of benzene rings is 2. The zero-order valence-electron chi connectivity index (χ0n) is 18.5. The minimum Gasteiger partial charge on any atom is -0.354 e. The van der Waals surface area contributed by atoms with E-state index in [1.54, 1.807) is 6.20 Å². The maximum atomic E-state index is 12.9. The summed E-state index contributed by atoms with van der Waals surface area (Å²) in [5.74, 6) is 0.885. The van der Waals surface area contributed by atoms with E-state index in [1.165, 1.54) is 5.56 Å². The summed E-state index contributed by atoms with van der Waals surface area (Å²) in [6, 6.07) is 18.0. The first-order chi connectivity index (χ1) is 16.1. The van der Waals surface area contributed by atoms with E-state index in [2.05, 4.69) is 46.4 Å². The standard InChI is InChI=1S/C26H26ClN5O/c1-18-7-9-19(10-8-18)16-29-26(33)21-5-3-12-31(17-21)25-24-15-23(30-32(24)13-11-28-25)20-4-2-6-22(27)14-20/h2,4,6-11,13-15,21H,3,5,12,16-17H2,1H3,(H,29,33).